The molecule has 6 amide bonds. The standard InChI is InChI=1S/C10H15N5O3.C7H9N3O2/c1-3-7(16)15-8-9(17)13-6(5-12-8)14-10(18)11-4-2;1-4-7(12)10-6(3-8-4)9-5(2)11/h3-5H2,1-2H3,(H,12,15,16)(H2,11,13,14,17,18);3H2,1-2H3,(H,9,10,11,12). The Hall–Kier alpha value is -3.77. The fourth-order valence-electron chi connectivity index (χ4n) is 1.92. The third kappa shape index (κ3) is 8.50. The Morgan fingerprint density at radius 2 is 1.80 bits per heavy atom. The minimum Gasteiger partial charge on any atom is -0.336 e. The zero-order valence-corrected chi connectivity index (χ0v) is 17.2. The van der Waals surface area contributed by atoms with Crippen LogP contribution in [0.5, 0.6) is 0 Å². The summed E-state index contributed by atoms with van der Waals surface area (Å²) in [5.41, 5.74) is 0.379. The monoisotopic (exact) mass is 420 g/mol. The molecular weight excluding hydrogens is 396 g/mol. The van der Waals surface area contributed by atoms with Crippen molar-refractivity contribution in [1.82, 2.24) is 21.3 Å². The molecular formula is C17H24N8O5. The Morgan fingerprint density at radius 1 is 1.10 bits per heavy atom. The second-order valence-corrected chi connectivity index (χ2v) is 5.86. The number of aliphatic imine (C=N–C) groups is 4. The molecule has 13 heteroatoms. The summed E-state index contributed by atoms with van der Waals surface area (Å²) in [7, 11) is 0. The molecule has 0 radical (unpaired) electrons. The topological polar surface area (TPSA) is 183 Å². The Bertz CT molecular complexity index is 856. The fraction of sp³-hybridized carbons (Fsp3) is 0.471. The minimum atomic E-state index is -0.578. The van der Waals surface area contributed by atoms with Gasteiger partial charge in [-0.05, 0) is 13.8 Å². The summed E-state index contributed by atoms with van der Waals surface area (Å²) in [5.74, 6) is -1.09. The molecule has 0 fully saturated rings. The van der Waals surface area contributed by atoms with Crippen molar-refractivity contribution in [2.24, 2.45) is 20.0 Å². The van der Waals surface area contributed by atoms with Crippen molar-refractivity contribution in [3.05, 3.63) is 0 Å². The van der Waals surface area contributed by atoms with E-state index in [9.17, 15) is 24.0 Å². The smallest absolute Gasteiger partial charge is 0.336 e. The predicted octanol–water partition coefficient (Wildman–Crippen LogP) is -1.31. The largest absolute Gasteiger partial charge is 0.342 e. The van der Waals surface area contributed by atoms with Crippen LogP contribution in [0.25, 0.3) is 0 Å². The molecule has 0 bridgehead atoms. The van der Waals surface area contributed by atoms with Gasteiger partial charge in [0, 0.05) is 19.9 Å². The normalized spacial score (nSPS) is 16.8. The van der Waals surface area contributed by atoms with E-state index in [1.165, 1.54) is 6.92 Å². The van der Waals surface area contributed by atoms with E-state index in [1.54, 1.807) is 20.8 Å². The van der Waals surface area contributed by atoms with Gasteiger partial charge in [-0.25, -0.2) is 4.79 Å². The van der Waals surface area contributed by atoms with Gasteiger partial charge in [0.25, 0.3) is 11.8 Å². The summed E-state index contributed by atoms with van der Waals surface area (Å²) in [6.07, 6.45) is 0.256. The van der Waals surface area contributed by atoms with Gasteiger partial charge in [0.15, 0.2) is 5.84 Å². The lowest BCUT2D eigenvalue weighted by Crippen LogP contribution is -2.49. The van der Waals surface area contributed by atoms with Crippen LogP contribution in [-0.2, 0) is 19.2 Å². The molecule has 0 spiro atoms. The number of urea groups is 1. The summed E-state index contributed by atoms with van der Waals surface area (Å²) in [6.45, 7) is 7.14. The van der Waals surface area contributed by atoms with E-state index < -0.39 is 11.9 Å². The van der Waals surface area contributed by atoms with Crippen molar-refractivity contribution in [2.45, 2.75) is 34.1 Å². The third-order valence-corrected chi connectivity index (χ3v) is 3.34. The second kappa shape index (κ2) is 11.9. The lowest BCUT2D eigenvalue weighted by Gasteiger charge is -2.14. The summed E-state index contributed by atoms with van der Waals surface area (Å²) >= 11 is 0. The number of amidine groups is 3. The Kier molecular flexibility index (Phi) is 9.65. The van der Waals surface area contributed by atoms with Crippen LogP contribution in [0.4, 0.5) is 4.79 Å². The van der Waals surface area contributed by atoms with Crippen LogP contribution in [0.1, 0.15) is 34.1 Å². The van der Waals surface area contributed by atoms with Crippen molar-refractivity contribution in [3.8, 4) is 0 Å². The molecule has 162 valence electrons. The van der Waals surface area contributed by atoms with E-state index in [0.29, 0.717) is 18.1 Å². The average Bonchev–Trinajstić information content (AvgIpc) is 2.67. The van der Waals surface area contributed by atoms with Gasteiger partial charge in [0.05, 0.1) is 18.8 Å². The third-order valence-electron chi connectivity index (χ3n) is 3.34. The quantitative estimate of drug-likeness (QED) is 0.432. The van der Waals surface area contributed by atoms with E-state index in [0.717, 1.165) is 0 Å². The van der Waals surface area contributed by atoms with Crippen LogP contribution >= 0.6 is 0 Å². The van der Waals surface area contributed by atoms with Crippen molar-refractivity contribution < 1.29 is 24.0 Å². The fourth-order valence-corrected chi connectivity index (χ4v) is 1.92. The number of nitrogens with one attached hydrogen (secondary N) is 4. The average molecular weight is 420 g/mol. The van der Waals surface area contributed by atoms with Gasteiger partial charge < -0.3 is 21.3 Å². The van der Waals surface area contributed by atoms with Crippen LogP contribution < -0.4 is 21.3 Å². The SMILES string of the molecule is CC(=O)NC1=NC(=O)C(C)=NC1.CCNC(=O)N=C1CN=C(NC(=O)CC)C(=O)N1. The first-order valence-corrected chi connectivity index (χ1v) is 9.07. The maximum atomic E-state index is 11.5. The molecule has 2 aliphatic heterocycles. The highest BCUT2D eigenvalue weighted by molar-refractivity contribution is 6.44. The first-order chi connectivity index (χ1) is 14.2. The predicted molar refractivity (Wildman–Crippen MR) is 110 cm³/mol. The second-order valence-electron chi connectivity index (χ2n) is 5.86. The van der Waals surface area contributed by atoms with Gasteiger partial charge in [-0.15, -0.1) is 0 Å². The number of carbonyl (C=O) groups is 5. The van der Waals surface area contributed by atoms with E-state index in [1.807, 2.05) is 0 Å². The van der Waals surface area contributed by atoms with Crippen LogP contribution in [-0.4, -0.2) is 72.5 Å². The van der Waals surface area contributed by atoms with Gasteiger partial charge in [0.1, 0.15) is 11.7 Å². The first-order valence-electron chi connectivity index (χ1n) is 9.07. The number of hydrogen-bond acceptors (Lipinski definition) is 7. The maximum absolute atomic E-state index is 11.5. The minimum absolute atomic E-state index is 0.0439. The van der Waals surface area contributed by atoms with Crippen molar-refractivity contribution >= 4 is 52.9 Å². The molecule has 2 heterocycles. The Labute approximate surface area is 172 Å². The van der Waals surface area contributed by atoms with E-state index in [-0.39, 0.29) is 48.9 Å². The van der Waals surface area contributed by atoms with Gasteiger partial charge in [0.2, 0.25) is 11.8 Å². The van der Waals surface area contributed by atoms with Crippen LogP contribution in [0.3, 0.4) is 0 Å². The van der Waals surface area contributed by atoms with Gasteiger partial charge in [-0.2, -0.15) is 9.98 Å². The Balaban J connectivity index is 0.000000325. The van der Waals surface area contributed by atoms with Crippen LogP contribution in [0.15, 0.2) is 20.0 Å². The summed E-state index contributed by atoms with van der Waals surface area (Å²) in [4.78, 5) is 70.2. The van der Waals surface area contributed by atoms with E-state index in [4.69, 9.17) is 0 Å². The number of amides is 6. The molecule has 0 aromatic heterocycles. The number of hydrogen-bond donors (Lipinski definition) is 4. The maximum Gasteiger partial charge on any atom is 0.342 e. The molecule has 0 saturated carbocycles. The first kappa shape index (κ1) is 24.3. The molecule has 13 nitrogen and oxygen atoms in total. The zero-order chi connectivity index (χ0) is 22.7. The number of carbonyl (C=O) groups excluding carboxylic acids is 5. The molecule has 0 aliphatic carbocycles. The molecule has 0 saturated heterocycles. The molecule has 0 aromatic rings. The van der Waals surface area contributed by atoms with Crippen molar-refractivity contribution in [3.63, 3.8) is 0 Å². The van der Waals surface area contributed by atoms with Gasteiger partial charge >= 0.3 is 6.03 Å². The Morgan fingerprint density at radius 3 is 2.33 bits per heavy atom. The van der Waals surface area contributed by atoms with Gasteiger partial charge in [-0.3, -0.25) is 29.2 Å². The summed E-state index contributed by atoms with van der Waals surface area (Å²) in [5, 5.41) is 9.63. The van der Waals surface area contributed by atoms with Crippen LogP contribution in [0.2, 0.25) is 0 Å². The zero-order valence-electron chi connectivity index (χ0n) is 17.2. The lowest BCUT2D eigenvalue weighted by atomic mass is 10.3. The van der Waals surface area contributed by atoms with E-state index >= 15 is 0 Å². The summed E-state index contributed by atoms with van der Waals surface area (Å²) < 4.78 is 0. The molecule has 4 N–H and O–H groups in total. The molecule has 30 heavy (non-hydrogen) atoms. The van der Waals surface area contributed by atoms with Crippen molar-refractivity contribution in [2.75, 3.05) is 19.6 Å². The van der Waals surface area contributed by atoms with Gasteiger partial charge in [-0.1, -0.05) is 6.92 Å². The number of rotatable bonds is 2. The van der Waals surface area contributed by atoms with E-state index in [2.05, 4.69) is 41.2 Å². The molecule has 0 unspecified atom stereocenters. The molecule has 0 atom stereocenters. The molecule has 2 aliphatic rings. The highest BCUT2D eigenvalue weighted by atomic mass is 16.2. The molecule has 0 aromatic carbocycles. The highest BCUT2D eigenvalue weighted by Crippen LogP contribution is 1.93. The van der Waals surface area contributed by atoms with Crippen LogP contribution in [0, 0.1) is 0 Å². The highest BCUT2D eigenvalue weighted by Gasteiger charge is 2.21. The lowest BCUT2D eigenvalue weighted by molar-refractivity contribution is -0.121. The number of nitrogens with zero attached hydrogens (tertiary/aromatic N) is 4. The molecule has 2 rings (SSSR count). The van der Waals surface area contributed by atoms with Crippen molar-refractivity contribution in [1.29, 1.82) is 0 Å². The summed E-state index contributed by atoms with van der Waals surface area (Å²) in [6, 6.07) is -0.538.